The van der Waals surface area contributed by atoms with Crippen molar-refractivity contribution in [1.29, 1.82) is 0 Å². The summed E-state index contributed by atoms with van der Waals surface area (Å²) >= 11 is 8.47. The first-order valence-electron chi connectivity index (χ1n) is 2.99. The number of aromatic nitrogens is 2. The van der Waals surface area contributed by atoms with Gasteiger partial charge in [0.05, 0.1) is 7.05 Å². The van der Waals surface area contributed by atoms with Crippen molar-refractivity contribution >= 4 is 33.3 Å². The molecule has 66 valence electrons. The molecule has 1 aromatic heterocycles. The molecule has 7 heteroatoms. The van der Waals surface area contributed by atoms with Crippen LogP contribution in [-0.4, -0.2) is 14.5 Å². The van der Waals surface area contributed by atoms with E-state index in [-0.39, 0.29) is 16.3 Å². The Morgan fingerprint density at radius 1 is 1.83 bits per heavy atom. The van der Waals surface area contributed by atoms with Gasteiger partial charge < -0.3 is 10.1 Å². The van der Waals surface area contributed by atoms with Crippen LogP contribution in [0.4, 0.5) is 5.82 Å². The van der Waals surface area contributed by atoms with E-state index in [0.29, 0.717) is 5.82 Å². The molecule has 0 bridgehead atoms. The van der Waals surface area contributed by atoms with E-state index in [1.54, 1.807) is 7.05 Å². The molecule has 0 N–H and O–H groups in total. The molecule has 0 radical (unpaired) electrons. The highest BCUT2D eigenvalue weighted by molar-refractivity contribution is 9.10. The van der Waals surface area contributed by atoms with Crippen LogP contribution in [0, 0.1) is 10.1 Å². The zero-order valence-corrected chi connectivity index (χ0v) is 8.46. The highest BCUT2D eigenvalue weighted by atomic mass is 79.9. The minimum Gasteiger partial charge on any atom is -0.358 e. The first-order chi connectivity index (χ1) is 5.57. The predicted molar refractivity (Wildman–Crippen MR) is 47.1 cm³/mol. The minimum absolute atomic E-state index is 0.0781. The fourth-order valence-electron chi connectivity index (χ4n) is 0.816. The average Bonchev–Trinajstić information content (AvgIpc) is 2.25. The van der Waals surface area contributed by atoms with Crippen molar-refractivity contribution in [3.8, 4) is 0 Å². The molecule has 0 spiro atoms. The molecule has 0 saturated heterocycles. The van der Waals surface area contributed by atoms with Crippen LogP contribution in [-0.2, 0) is 12.9 Å². The fourth-order valence-corrected chi connectivity index (χ4v) is 1.67. The summed E-state index contributed by atoms with van der Waals surface area (Å²) in [6.45, 7) is 0. The van der Waals surface area contributed by atoms with Gasteiger partial charge in [-0.05, 0) is 20.9 Å². The van der Waals surface area contributed by atoms with Gasteiger partial charge in [0.1, 0.15) is 5.88 Å². The maximum Gasteiger partial charge on any atom is 0.357 e. The molecule has 1 aromatic rings. The molecule has 0 aliphatic rings. The molecule has 0 aliphatic carbocycles. The second-order valence-corrected chi connectivity index (χ2v) is 3.11. The van der Waals surface area contributed by atoms with E-state index in [2.05, 4.69) is 20.9 Å². The number of rotatable bonds is 2. The second kappa shape index (κ2) is 3.40. The Morgan fingerprint density at radius 2 is 2.42 bits per heavy atom. The summed E-state index contributed by atoms with van der Waals surface area (Å²) in [7, 11) is 1.55. The summed E-state index contributed by atoms with van der Waals surface area (Å²) in [5.41, 5.74) is 0. The van der Waals surface area contributed by atoms with Crippen LogP contribution in [0.3, 0.4) is 0 Å². The first kappa shape index (κ1) is 9.47. The summed E-state index contributed by atoms with van der Waals surface area (Å²) in [6.07, 6.45) is 0. The number of alkyl halides is 1. The first-order valence-corrected chi connectivity index (χ1v) is 4.32. The quantitative estimate of drug-likeness (QED) is 0.459. The number of hydrogen-bond acceptors (Lipinski definition) is 3. The number of nitro groups is 1. The molecule has 1 heterocycles. The average molecular weight is 254 g/mol. The minimum atomic E-state index is -0.507. The van der Waals surface area contributed by atoms with Crippen LogP contribution < -0.4 is 0 Å². The van der Waals surface area contributed by atoms with E-state index < -0.39 is 4.92 Å². The number of hydrogen-bond donors (Lipinski definition) is 0. The standard InChI is InChI=1S/C5H5BrClN3O2/c1-9-3(2-7)8-4(6)5(9)10(11)12/h2H2,1H3. The van der Waals surface area contributed by atoms with E-state index in [0.717, 1.165) is 0 Å². The van der Waals surface area contributed by atoms with Gasteiger partial charge in [-0.3, -0.25) is 0 Å². The van der Waals surface area contributed by atoms with Crippen molar-refractivity contribution in [1.82, 2.24) is 9.55 Å². The molecular formula is C5H5BrClN3O2. The number of nitrogens with zero attached hydrogens (tertiary/aromatic N) is 3. The smallest absolute Gasteiger partial charge is 0.357 e. The maximum atomic E-state index is 10.4. The second-order valence-electron chi connectivity index (χ2n) is 2.09. The Hall–Kier alpha value is -0.620. The van der Waals surface area contributed by atoms with Crippen molar-refractivity contribution in [2.75, 3.05) is 0 Å². The number of halogens is 2. The van der Waals surface area contributed by atoms with E-state index in [4.69, 9.17) is 11.6 Å². The molecule has 0 fully saturated rings. The Balaban J connectivity index is 3.28. The third-order valence-corrected chi connectivity index (χ3v) is 2.18. The SMILES string of the molecule is Cn1c(CCl)nc(Br)c1[N+](=O)[O-]. The van der Waals surface area contributed by atoms with Crippen molar-refractivity contribution in [2.45, 2.75) is 5.88 Å². The van der Waals surface area contributed by atoms with Crippen molar-refractivity contribution < 1.29 is 4.92 Å². The van der Waals surface area contributed by atoms with E-state index in [1.807, 2.05) is 0 Å². The van der Waals surface area contributed by atoms with Crippen LogP contribution in [0.2, 0.25) is 0 Å². The van der Waals surface area contributed by atoms with Gasteiger partial charge in [0.15, 0.2) is 0 Å². The molecule has 12 heavy (non-hydrogen) atoms. The normalized spacial score (nSPS) is 10.2. The summed E-state index contributed by atoms with van der Waals surface area (Å²) in [5, 5.41) is 10.4. The Bertz CT molecular complexity index is 325. The monoisotopic (exact) mass is 253 g/mol. The van der Waals surface area contributed by atoms with Crippen molar-refractivity contribution in [2.24, 2.45) is 7.05 Å². The predicted octanol–water partition coefficient (Wildman–Crippen LogP) is 1.83. The van der Waals surface area contributed by atoms with Gasteiger partial charge in [-0.25, -0.2) is 4.57 Å². The molecule has 0 atom stereocenters. The molecule has 5 nitrogen and oxygen atoms in total. The van der Waals surface area contributed by atoms with Gasteiger partial charge in [-0.15, -0.1) is 11.6 Å². The van der Waals surface area contributed by atoms with Gasteiger partial charge in [0.25, 0.3) is 0 Å². The van der Waals surface area contributed by atoms with Crippen LogP contribution in [0.5, 0.6) is 0 Å². The lowest BCUT2D eigenvalue weighted by Crippen LogP contribution is -2.00. The largest absolute Gasteiger partial charge is 0.358 e. The van der Waals surface area contributed by atoms with Crippen LogP contribution >= 0.6 is 27.5 Å². The van der Waals surface area contributed by atoms with E-state index in [1.165, 1.54) is 4.57 Å². The molecule has 0 aromatic carbocycles. The van der Waals surface area contributed by atoms with Gasteiger partial charge >= 0.3 is 5.82 Å². The van der Waals surface area contributed by atoms with Crippen LogP contribution in [0.1, 0.15) is 5.82 Å². The molecule has 0 amide bonds. The van der Waals surface area contributed by atoms with Gasteiger partial charge in [-0.1, -0.05) is 0 Å². The lowest BCUT2D eigenvalue weighted by atomic mass is 10.7. The highest BCUT2D eigenvalue weighted by Gasteiger charge is 2.21. The zero-order chi connectivity index (χ0) is 9.30. The van der Waals surface area contributed by atoms with Crippen molar-refractivity contribution in [3.05, 3.63) is 20.5 Å². The highest BCUT2D eigenvalue weighted by Crippen LogP contribution is 2.24. The van der Waals surface area contributed by atoms with Gasteiger partial charge in [0, 0.05) is 0 Å². The third-order valence-electron chi connectivity index (χ3n) is 1.41. The molecule has 0 aliphatic heterocycles. The Kier molecular flexibility index (Phi) is 2.69. The Labute approximate surface area is 81.6 Å². The lowest BCUT2D eigenvalue weighted by molar-refractivity contribution is -0.392. The molecule has 0 saturated carbocycles. The van der Waals surface area contributed by atoms with Crippen LogP contribution in [0.25, 0.3) is 0 Å². The van der Waals surface area contributed by atoms with E-state index in [9.17, 15) is 10.1 Å². The summed E-state index contributed by atoms with van der Waals surface area (Å²) < 4.78 is 1.56. The summed E-state index contributed by atoms with van der Waals surface area (Å²) in [4.78, 5) is 13.8. The summed E-state index contributed by atoms with van der Waals surface area (Å²) in [6, 6.07) is 0. The fraction of sp³-hybridized carbons (Fsp3) is 0.400. The van der Waals surface area contributed by atoms with Gasteiger partial charge in [-0.2, -0.15) is 4.98 Å². The van der Waals surface area contributed by atoms with Gasteiger partial charge in [0.2, 0.25) is 10.4 Å². The number of imidazole rings is 1. The van der Waals surface area contributed by atoms with E-state index >= 15 is 0 Å². The molecule has 1 rings (SSSR count). The topological polar surface area (TPSA) is 61.0 Å². The lowest BCUT2D eigenvalue weighted by Gasteiger charge is -1.94. The molecule has 0 unspecified atom stereocenters. The maximum absolute atomic E-state index is 10.4. The van der Waals surface area contributed by atoms with Crippen LogP contribution in [0.15, 0.2) is 4.60 Å². The Morgan fingerprint density at radius 3 is 2.67 bits per heavy atom. The summed E-state index contributed by atoms with van der Waals surface area (Å²) in [5.74, 6) is 0.545. The molecular weight excluding hydrogens is 249 g/mol. The zero-order valence-electron chi connectivity index (χ0n) is 6.12. The van der Waals surface area contributed by atoms with Crippen molar-refractivity contribution in [3.63, 3.8) is 0 Å². The third kappa shape index (κ3) is 1.44.